The zero-order valence-electron chi connectivity index (χ0n) is 11.2. The van der Waals surface area contributed by atoms with Crippen LogP contribution in [0.2, 0.25) is 0 Å². The van der Waals surface area contributed by atoms with E-state index in [4.69, 9.17) is 10.9 Å². The van der Waals surface area contributed by atoms with Gasteiger partial charge in [0.25, 0.3) is 5.91 Å². The van der Waals surface area contributed by atoms with Crippen molar-refractivity contribution >= 4 is 17.4 Å². The van der Waals surface area contributed by atoms with Gasteiger partial charge in [0, 0.05) is 11.4 Å². The highest BCUT2D eigenvalue weighted by atomic mass is 19.1. The van der Waals surface area contributed by atoms with Crippen LogP contribution in [0.5, 0.6) is 0 Å². The molecule has 0 radical (unpaired) electrons. The lowest BCUT2D eigenvalue weighted by atomic mass is 10.1. The van der Waals surface area contributed by atoms with Crippen LogP contribution in [0.3, 0.4) is 0 Å². The summed E-state index contributed by atoms with van der Waals surface area (Å²) in [4.78, 5) is 16.1. The van der Waals surface area contributed by atoms with Gasteiger partial charge in [-0.05, 0) is 37.3 Å². The second kappa shape index (κ2) is 6.00. The van der Waals surface area contributed by atoms with Crippen LogP contribution in [0, 0.1) is 12.7 Å². The van der Waals surface area contributed by atoms with E-state index in [1.54, 1.807) is 25.1 Å². The lowest BCUT2D eigenvalue weighted by Crippen LogP contribution is -2.17. The summed E-state index contributed by atoms with van der Waals surface area (Å²) in [6.07, 6.45) is 0. The zero-order chi connectivity index (χ0) is 15.4. The summed E-state index contributed by atoms with van der Waals surface area (Å²) >= 11 is 0. The minimum absolute atomic E-state index is 0.104. The Morgan fingerprint density at radius 3 is 2.81 bits per heavy atom. The Hall–Kier alpha value is -2.96. The van der Waals surface area contributed by atoms with Crippen molar-refractivity contribution in [1.82, 2.24) is 4.98 Å². The number of anilines is 1. The SMILES string of the molecule is Cc1cccc(C(=O)Nc2ccc(F)c(C(N)=NO)c2)n1. The second-order valence-electron chi connectivity index (χ2n) is 4.30. The molecule has 7 heteroatoms. The van der Waals surface area contributed by atoms with Gasteiger partial charge in [-0.25, -0.2) is 9.37 Å². The monoisotopic (exact) mass is 288 g/mol. The number of nitrogens with one attached hydrogen (secondary N) is 1. The van der Waals surface area contributed by atoms with Gasteiger partial charge in [-0.1, -0.05) is 11.2 Å². The molecule has 6 nitrogen and oxygen atoms in total. The van der Waals surface area contributed by atoms with E-state index in [0.29, 0.717) is 11.4 Å². The van der Waals surface area contributed by atoms with Crippen LogP contribution in [-0.2, 0) is 0 Å². The van der Waals surface area contributed by atoms with Gasteiger partial charge in [0.2, 0.25) is 0 Å². The van der Waals surface area contributed by atoms with Crippen molar-refractivity contribution in [2.45, 2.75) is 6.92 Å². The van der Waals surface area contributed by atoms with Crippen LogP contribution in [0.15, 0.2) is 41.6 Å². The number of pyridine rings is 1. The third-order valence-corrected chi connectivity index (χ3v) is 2.73. The van der Waals surface area contributed by atoms with E-state index in [2.05, 4.69) is 15.5 Å². The average molecular weight is 288 g/mol. The number of amidine groups is 1. The number of amides is 1. The Kier molecular flexibility index (Phi) is 4.13. The van der Waals surface area contributed by atoms with Gasteiger partial charge in [-0.3, -0.25) is 4.79 Å². The summed E-state index contributed by atoms with van der Waals surface area (Å²) < 4.78 is 13.5. The molecule has 21 heavy (non-hydrogen) atoms. The maximum Gasteiger partial charge on any atom is 0.274 e. The molecule has 1 aromatic heterocycles. The van der Waals surface area contributed by atoms with Gasteiger partial charge >= 0.3 is 0 Å². The number of hydrogen-bond donors (Lipinski definition) is 3. The first kappa shape index (κ1) is 14.4. The van der Waals surface area contributed by atoms with Crippen LogP contribution < -0.4 is 11.1 Å². The van der Waals surface area contributed by atoms with Crippen LogP contribution in [0.4, 0.5) is 10.1 Å². The summed E-state index contributed by atoms with van der Waals surface area (Å²) in [5, 5.41) is 13.9. The minimum Gasteiger partial charge on any atom is -0.409 e. The smallest absolute Gasteiger partial charge is 0.274 e. The molecule has 0 spiro atoms. The van der Waals surface area contributed by atoms with Gasteiger partial charge in [0.05, 0.1) is 5.56 Å². The Morgan fingerprint density at radius 2 is 2.14 bits per heavy atom. The molecule has 1 heterocycles. The van der Waals surface area contributed by atoms with E-state index in [1.807, 2.05) is 0 Å². The molecular formula is C14H13FN4O2. The summed E-state index contributed by atoms with van der Waals surface area (Å²) in [6.45, 7) is 1.77. The summed E-state index contributed by atoms with van der Waals surface area (Å²) in [7, 11) is 0. The Bertz CT molecular complexity index is 716. The molecule has 108 valence electrons. The predicted molar refractivity (Wildman–Crippen MR) is 75.8 cm³/mol. The summed E-state index contributed by atoms with van der Waals surface area (Å²) in [6, 6.07) is 8.81. The van der Waals surface area contributed by atoms with E-state index in [-0.39, 0.29) is 17.1 Å². The second-order valence-corrected chi connectivity index (χ2v) is 4.30. The fourth-order valence-corrected chi connectivity index (χ4v) is 1.72. The van der Waals surface area contributed by atoms with Crippen LogP contribution in [0.25, 0.3) is 0 Å². The van der Waals surface area contributed by atoms with E-state index in [9.17, 15) is 9.18 Å². The molecule has 1 aromatic carbocycles. The summed E-state index contributed by atoms with van der Waals surface area (Å²) in [5.74, 6) is -1.47. The molecule has 0 aliphatic heterocycles. The fraction of sp³-hybridized carbons (Fsp3) is 0.0714. The molecule has 0 bridgehead atoms. The van der Waals surface area contributed by atoms with Crippen molar-refractivity contribution in [3.63, 3.8) is 0 Å². The number of carbonyl (C=O) groups is 1. The number of nitrogens with two attached hydrogens (primary N) is 1. The normalized spacial score (nSPS) is 11.2. The number of benzene rings is 1. The lowest BCUT2D eigenvalue weighted by Gasteiger charge is -2.08. The summed E-state index contributed by atoms with van der Waals surface area (Å²) in [5.41, 5.74) is 6.52. The highest BCUT2D eigenvalue weighted by Gasteiger charge is 2.11. The number of rotatable bonds is 3. The molecule has 0 aliphatic rings. The molecular weight excluding hydrogens is 275 g/mol. The number of halogens is 1. The topological polar surface area (TPSA) is 101 Å². The van der Waals surface area contributed by atoms with Gasteiger partial charge in [0.15, 0.2) is 5.84 Å². The molecule has 0 saturated carbocycles. The molecule has 2 aromatic rings. The molecule has 0 saturated heterocycles. The number of aromatic nitrogens is 1. The first-order valence-electron chi connectivity index (χ1n) is 6.03. The van der Waals surface area contributed by atoms with Gasteiger partial charge in [-0.2, -0.15) is 0 Å². The third kappa shape index (κ3) is 3.33. The first-order valence-corrected chi connectivity index (χ1v) is 6.03. The molecule has 0 atom stereocenters. The Labute approximate surface area is 120 Å². The van der Waals surface area contributed by atoms with Gasteiger partial charge in [-0.15, -0.1) is 0 Å². The van der Waals surface area contributed by atoms with E-state index >= 15 is 0 Å². The standard InChI is InChI=1S/C14H13FN4O2/c1-8-3-2-4-12(17-8)14(20)18-9-5-6-11(15)10(7-9)13(16)19-21/h2-7,21H,1H3,(H2,16,19)(H,18,20). The lowest BCUT2D eigenvalue weighted by molar-refractivity contribution is 0.102. The molecule has 0 aliphatic carbocycles. The fourth-order valence-electron chi connectivity index (χ4n) is 1.72. The van der Waals surface area contributed by atoms with E-state index in [1.165, 1.54) is 12.1 Å². The maximum atomic E-state index is 13.5. The molecule has 2 rings (SSSR count). The van der Waals surface area contributed by atoms with Crippen molar-refractivity contribution in [2.24, 2.45) is 10.9 Å². The largest absolute Gasteiger partial charge is 0.409 e. The van der Waals surface area contributed by atoms with Crippen molar-refractivity contribution < 1.29 is 14.4 Å². The van der Waals surface area contributed by atoms with Crippen LogP contribution in [-0.4, -0.2) is 21.9 Å². The highest BCUT2D eigenvalue weighted by molar-refractivity contribution is 6.04. The third-order valence-electron chi connectivity index (χ3n) is 2.73. The van der Waals surface area contributed by atoms with Crippen molar-refractivity contribution in [3.8, 4) is 0 Å². The van der Waals surface area contributed by atoms with E-state index in [0.717, 1.165) is 6.07 Å². The zero-order valence-corrected chi connectivity index (χ0v) is 11.2. The van der Waals surface area contributed by atoms with Crippen molar-refractivity contribution in [2.75, 3.05) is 5.32 Å². The number of oxime groups is 1. The average Bonchev–Trinajstić information content (AvgIpc) is 2.48. The first-order chi connectivity index (χ1) is 10.0. The van der Waals surface area contributed by atoms with Gasteiger partial charge in [0.1, 0.15) is 11.5 Å². The highest BCUT2D eigenvalue weighted by Crippen LogP contribution is 2.15. The predicted octanol–water partition coefficient (Wildman–Crippen LogP) is 1.88. The minimum atomic E-state index is -0.656. The number of nitrogens with zero attached hydrogens (tertiary/aromatic N) is 2. The van der Waals surface area contributed by atoms with E-state index < -0.39 is 11.7 Å². The number of aryl methyl sites for hydroxylation is 1. The van der Waals surface area contributed by atoms with Crippen LogP contribution in [0.1, 0.15) is 21.7 Å². The van der Waals surface area contributed by atoms with Gasteiger partial charge < -0.3 is 16.3 Å². The Balaban J connectivity index is 2.26. The molecule has 1 amide bonds. The van der Waals surface area contributed by atoms with Crippen LogP contribution >= 0.6 is 0 Å². The van der Waals surface area contributed by atoms with Crippen molar-refractivity contribution in [1.29, 1.82) is 0 Å². The quantitative estimate of drug-likeness (QED) is 0.347. The number of hydrogen-bond acceptors (Lipinski definition) is 4. The molecule has 4 N–H and O–H groups in total. The molecule has 0 fully saturated rings. The number of carbonyl (C=O) groups excluding carboxylic acids is 1. The Morgan fingerprint density at radius 1 is 1.38 bits per heavy atom. The maximum absolute atomic E-state index is 13.5. The molecule has 0 unspecified atom stereocenters. The van der Waals surface area contributed by atoms with Crippen molar-refractivity contribution in [3.05, 3.63) is 59.2 Å².